The van der Waals surface area contributed by atoms with Crippen molar-refractivity contribution in [1.29, 1.82) is 0 Å². The van der Waals surface area contributed by atoms with E-state index in [0.717, 1.165) is 41.0 Å². The maximum Gasteiger partial charge on any atom is 0.287 e. The minimum Gasteiger partial charge on any atom is -0.497 e. The summed E-state index contributed by atoms with van der Waals surface area (Å²) in [6.45, 7) is 11.0. The first-order valence-electron chi connectivity index (χ1n) is 14.3. The van der Waals surface area contributed by atoms with Crippen molar-refractivity contribution in [3.8, 4) is 11.5 Å². The number of hydrogen-bond donors (Lipinski definition) is 1. The maximum absolute atomic E-state index is 13.7. The SMILES string of the molecule is COc1ccc(C(NC(=O)c2ccc(C(=O)c3cc4c(cc3C)C(C)(C)CCC4(C)C)o2)c2ccc(OC)cc2)cc1. The number of ether oxygens (including phenoxy) is 2. The van der Waals surface area contributed by atoms with Gasteiger partial charge < -0.3 is 19.2 Å². The highest BCUT2D eigenvalue weighted by atomic mass is 16.5. The molecule has 3 aromatic carbocycles. The predicted octanol–water partition coefficient (Wildman–Crippen LogP) is 7.70. The van der Waals surface area contributed by atoms with Gasteiger partial charge in [-0.05, 0) is 101 Å². The lowest BCUT2D eigenvalue weighted by Crippen LogP contribution is -2.34. The van der Waals surface area contributed by atoms with E-state index in [-0.39, 0.29) is 28.1 Å². The largest absolute Gasteiger partial charge is 0.497 e. The van der Waals surface area contributed by atoms with Gasteiger partial charge in [0, 0.05) is 5.56 Å². The molecule has 4 aromatic rings. The van der Waals surface area contributed by atoms with Gasteiger partial charge in [0.2, 0.25) is 5.78 Å². The molecule has 42 heavy (non-hydrogen) atoms. The Labute approximate surface area is 248 Å². The number of rotatable bonds is 8. The number of methoxy groups -OCH3 is 2. The number of benzene rings is 3. The van der Waals surface area contributed by atoms with Crippen LogP contribution in [-0.4, -0.2) is 25.9 Å². The summed E-state index contributed by atoms with van der Waals surface area (Å²) in [6.07, 6.45) is 2.16. The zero-order valence-corrected chi connectivity index (χ0v) is 25.5. The fourth-order valence-electron chi connectivity index (χ4n) is 5.84. The molecule has 1 N–H and O–H groups in total. The number of ketones is 1. The van der Waals surface area contributed by atoms with Crippen molar-refractivity contribution in [2.45, 2.75) is 64.3 Å². The second kappa shape index (κ2) is 11.2. The quantitative estimate of drug-likeness (QED) is 0.222. The van der Waals surface area contributed by atoms with Gasteiger partial charge in [0.05, 0.1) is 20.3 Å². The summed E-state index contributed by atoms with van der Waals surface area (Å²) in [5, 5.41) is 3.08. The molecule has 0 fully saturated rings. The van der Waals surface area contributed by atoms with Crippen LogP contribution in [0, 0.1) is 6.92 Å². The number of fused-ring (bicyclic) bond motifs is 1. The summed E-state index contributed by atoms with van der Waals surface area (Å²) in [7, 11) is 3.22. The highest BCUT2D eigenvalue weighted by Crippen LogP contribution is 2.46. The molecule has 0 aliphatic heterocycles. The van der Waals surface area contributed by atoms with Gasteiger partial charge in [-0.15, -0.1) is 0 Å². The van der Waals surface area contributed by atoms with Crippen molar-refractivity contribution < 1.29 is 23.5 Å². The van der Waals surface area contributed by atoms with E-state index < -0.39 is 11.9 Å². The van der Waals surface area contributed by atoms with E-state index >= 15 is 0 Å². The summed E-state index contributed by atoms with van der Waals surface area (Å²) >= 11 is 0. The molecule has 6 heteroatoms. The van der Waals surface area contributed by atoms with Crippen LogP contribution in [-0.2, 0) is 10.8 Å². The first kappa shape index (κ1) is 29.2. The standard InChI is InChI=1S/C36H39NO5/c1-22-20-28-29(36(4,5)19-18-35(28,2)3)21-27(22)33(38)30-16-17-31(42-30)34(39)37-32(23-8-12-25(40-6)13-9-23)24-10-14-26(41-7)15-11-24/h8-17,20-21,32H,18-19H2,1-7H3,(H,37,39). The van der Waals surface area contributed by atoms with Crippen LogP contribution < -0.4 is 14.8 Å². The first-order valence-corrected chi connectivity index (χ1v) is 14.3. The molecule has 0 spiro atoms. The third-order valence-electron chi connectivity index (χ3n) is 8.67. The molecule has 1 heterocycles. The lowest BCUT2D eigenvalue weighted by atomic mass is 9.62. The molecule has 0 bridgehead atoms. The molecular formula is C36H39NO5. The zero-order chi connectivity index (χ0) is 30.2. The van der Waals surface area contributed by atoms with E-state index in [1.54, 1.807) is 26.4 Å². The lowest BCUT2D eigenvalue weighted by Gasteiger charge is -2.42. The van der Waals surface area contributed by atoms with Crippen molar-refractivity contribution in [2.24, 2.45) is 0 Å². The Morgan fingerprint density at radius 2 is 1.21 bits per heavy atom. The number of aryl methyl sites for hydroxylation is 1. The third kappa shape index (κ3) is 5.58. The van der Waals surface area contributed by atoms with E-state index in [9.17, 15) is 9.59 Å². The summed E-state index contributed by atoms with van der Waals surface area (Å²) < 4.78 is 16.5. The van der Waals surface area contributed by atoms with Gasteiger partial charge in [0.1, 0.15) is 11.5 Å². The van der Waals surface area contributed by atoms with Gasteiger partial charge >= 0.3 is 0 Å². The average molecular weight is 566 g/mol. The van der Waals surface area contributed by atoms with Crippen molar-refractivity contribution in [3.63, 3.8) is 0 Å². The van der Waals surface area contributed by atoms with Crippen LogP contribution in [0.25, 0.3) is 0 Å². The van der Waals surface area contributed by atoms with Gasteiger partial charge in [-0.2, -0.15) is 0 Å². The molecule has 0 radical (unpaired) electrons. The monoisotopic (exact) mass is 565 g/mol. The van der Waals surface area contributed by atoms with Crippen LogP contribution in [0.5, 0.6) is 11.5 Å². The highest BCUT2D eigenvalue weighted by molar-refractivity contribution is 6.09. The Kier molecular flexibility index (Phi) is 7.76. The van der Waals surface area contributed by atoms with E-state index in [0.29, 0.717) is 5.56 Å². The summed E-state index contributed by atoms with van der Waals surface area (Å²) in [4.78, 5) is 27.2. The second-order valence-corrected chi connectivity index (χ2v) is 12.4. The Bertz CT molecular complexity index is 1560. The van der Waals surface area contributed by atoms with Crippen LogP contribution in [0.1, 0.15) is 101 Å². The Morgan fingerprint density at radius 1 is 0.738 bits per heavy atom. The number of carbonyl (C=O) groups is 2. The molecule has 218 valence electrons. The molecule has 0 saturated carbocycles. The molecule has 0 unspecified atom stereocenters. The first-order chi connectivity index (χ1) is 19.9. The van der Waals surface area contributed by atoms with Gasteiger partial charge in [-0.1, -0.05) is 58.0 Å². The van der Waals surface area contributed by atoms with Gasteiger partial charge in [0.25, 0.3) is 5.91 Å². The molecule has 1 aromatic heterocycles. The van der Waals surface area contributed by atoms with Crippen LogP contribution in [0.3, 0.4) is 0 Å². The number of carbonyl (C=O) groups excluding carboxylic acids is 2. The van der Waals surface area contributed by atoms with Crippen LogP contribution in [0.15, 0.2) is 77.2 Å². The summed E-state index contributed by atoms with van der Waals surface area (Å²) in [6, 6.07) is 21.9. The van der Waals surface area contributed by atoms with Gasteiger partial charge in [-0.25, -0.2) is 0 Å². The molecule has 6 nitrogen and oxygen atoms in total. The van der Waals surface area contributed by atoms with E-state index in [1.165, 1.54) is 11.1 Å². The molecule has 1 aliphatic carbocycles. The predicted molar refractivity (Wildman–Crippen MR) is 164 cm³/mol. The summed E-state index contributed by atoms with van der Waals surface area (Å²) in [5.74, 6) is 1.00. The number of amides is 1. The number of hydrogen-bond acceptors (Lipinski definition) is 5. The lowest BCUT2D eigenvalue weighted by molar-refractivity contribution is 0.0909. The van der Waals surface area contributed by atoms with Crippen LogP contribution >= 0.6 is 0 Å². The van der Waals surface area contributed by atoms with Gasteiger partial charge in [0.15, 0.2) is 11.5 Å². The van der Waals surface area contributed by atoms with Crippen LogP contribution in [0.4, 0.5) is 0 Å². The molecule has 0 saturated heterocycles. The fraction of sp³-hybridized carbons (Fsp3) is 0.333. The molecular weight excluding hydrogens is 526 g/mol. The number of nitrogens with one attached hydrogen (secondary N) is 1. The van der Waals surface area contributed by atoms with E-state index in [1.807, 2.05) is 61.5 Å². The second-order valence-electron chi connectivity index (χ2n) is 12.4. The van der Waals surface area contributed by atoms with Crippen molar-refractivity contribution in [1.82, 2.24) is 5.32 Å². The van der Waals surface area contributed by atoms with Crippen LogP contribution in [0.2, 0.25) is 0 Å². The number of furan rings is 1. The molecule has 1 amide bonds. The molecule has 0 atom stereocenters. The van der Waals surface area contributed by atoms with E-state index in [4.69, 9.17) is 13.9 Å². The molecule has 5 rings (SSSR count). The third-order valence-corrected chi connectivity index (χ3v) is 8.67. The van der Waals surface area contributed by atoms with Gasteiger partial charge in [-0.3, -0.25) is 9.59 Å². The van der Waals surface area contributed by atoms with E-state index in [2.05, 4.69) is 39.1 Å². The average Bonchev–Trinajstić information content (AvgIpc) is 3.49. The fourth-order valence-corrected chi connectivity index (χ4v) is 5.84. The Morgan fingerprint density at radius 3 is 1.71 bits per heavy atom. The molecule has 1 aliphatic rings. The minimum atomic E-state index is -0.466. The Hall–Kier alpha value is -4.32. The zero-order valence-electron chi connectivity index (χ0n) is 25.5. The normalized spacial score (nSPS) is 15.1. The van der Waals surface area contributed by atoms with Crippen molar-refractivity contribution in [3.05, 3.63) is 118 Å². The smallest absolute Gasteiger partial charge is 0.287 e. The topological polar surface area (TPSA) is 77.8 Å². The Balaban J connectivity index is 1.43. The highest BCUT2D eigenvalue weighted by Gasteiger charge is 2.38. The summed E-state index contributed by atoms with van der Waals surface area (Å²) in [5.41, 5.74) is 5.78. The van der Waals surface area contributed by atoms with Crippen molar-refractivity contribution >= 4 is 11.7 Å². The van der Waals surface area contributed by atoms with Crippen molar-refractivity contribution in [2.75, 3.05) is 14.2 Å². The maximum atomic E-state index is 13.7. The minimum absolute atomic E-state index is 0.0281.